The minimum atomic E-state index is -1.06. The highest BCUT2D eigenvalue weighted by atomic mass is 16.5. The number of amides is 5. The van der Waals surface area contributed by atoms with E-state index in [2.05, 4.69) is 26.3 Å². The number of nitrogens with one attached hydrogen (secondary N) is 4. The van der Waals surface area contributed by atoms with Crippen molar-refractivity contribution in [3.63, 3.8) is 0 Å². The molecule has 13 heteroatoms. The normalized spacial score (nSPS) is 19.1. The summed E-state index contributed by atoms with van der Waals surface area (Å²) in [5.74, 6) is -1.47. The summed E-state index contributed by atoms with van der Waals surface area (Å²) in [6, 6.07) is 3.80. The Morgan fingerprint density at radius 3 is 2.31 bits per heavy atom. The van der Waals surface area contributed by atoms with Crippen LogP contribution in [0.15, 0.2) is 24.3 Å². The number of aryl methyl sites for hydroxylation is 1. The van der Waals surface area contributed by atoms with E-state index in [9.17, 15) is 24.0 Å². The number of benzene rings is 1. The molecule has 2 aromatic rings. The Labute approximate surface area is 288 Å². The zero-order chi connectivity index (χ0) is 36.3. The summed E-state index contributed by atoms with van der Waals surface area (Å²) in [6.07, 6.45) is 1.88. The molecule has 49 heavy (non-hydrogen) atoms. The molecule has 1 aromatic heterocycles. The Bertz CT molecular complexity index is 1580. The van der Waals surface area contributed by atoms with Crippen LogP contribution in [0.1, 0.15) is 86.3 Å². The third kappa shape index (κ3) is 9.82. The van der Waals surface area contributed by atoms with Gasteiger partial charge in [-0.15, -0.1) is 0 Å². The van der Waals surface area contributed by atoms with Crippen LogP contribution in [0.3, 0.4) is 0 Å². The molecular formula is C36H52N6O7. The minimum absolute atomic E-state index is 0.0139. The first-order valence-corrected chi connectivity index (χ1v) is 17.1. The SMILES string of the molecule is CCCC(NC(=O)[C@@H]1C[C@@H](Oc2nc(C)cc3cc(OC)ccc23)CN1C(=O)C(NC(=O)NC(C)(C)C)C(C)(C)C)C(=O)C(=O)NC1CC1. The van der Waals surface area contributed by atoms with Gasteiger partial charge in [0.1, 0.15) is 23.9 Å². The van der Waals surface area contributed by atoms with Crippen LogP contribution in [0, 0.1) is 12.3 Å². The van der Waals surface area contributed by atoms with Crippen LogP contribution < -0.4 is 30.7 Å². The van der Waals surface area contributed by atoms with E-state index < -0.39 is 64.7 Å². The van der Waals surface area contributed by atoms with Crippen molar-refractivity contribution in [3.05, 3.63) is 30.0 Å². The molecule has 2 unspecified atom stereocenters. The number of aromatic nitrogens is 1. The van der Waals surface area contributed by atoms with Gasteiger partial charge in [0, 0.05) is 29.1 Å². The van der Waals surface area contributed by atoms with Gasteiger partial charge in [-0.3, -0.25) is 19.2 Å². The zero-order valence-corrected chi connectivity index (χ0v) is 30.2. The lowest BCUT2D eigenvalue weighted by Crippen LogP contribution is -2.61. The molecule has 1 saturated heterocycles. The van der Waals surface area contributed by atoms with Crippen molar-refractivity contribution < 1.29 is 33.4 Å². The van der Waals surface area contributed by atoms with E-state index in [-0.39, 0.29) is 25.4 Å². The number of likely N-dealkylation sites (tertiary alicyclic amines) is 1. The molecule has 2 fully saturated rings. The topological polar surface area (TPSA) is 168 Å². The Morgan fingerprint density at radius 2 is 1.71 bits per heavy atom. The molecule has 2 heterocycles. The molecule has 4 rings (SSSR count). The summed E-state index contributed by atoms with van der Waals surface area (Å²) in [7, 11) is 1.59. The molecule has 4 N–H and O–H groups in total. The fraction of sp³-hybridized carbons (Fsp3) is 0.611. The number of hydrogen-bond acceptors (Lipinski definition) is 8. The van der Waals surface area contributed by atoms with Crippen molar-refractivity contribution in [2.24, 2.45) is 5.41 Å². The Morgan fingerprint density at radius 1 is 1.02 bits per heavy atom. The average Bonchev–Trinajstić information content (AvgIpc) is 3.72. The predicted molar refractivity (Wildman–Crippen MR) is 185 cm³/mol. The zero-order valence-electron chi connectivity index (χ0n) is 30.2. The molecule has 0 radical (unpaired) electrons. The van der Waals surface area contributed by atoms with Crippen molar-refractivity contribution in [2.45, 2.75) is 123 Å². The van der Waals surface area contributed by atoms with Crippen molar-refractivity contribution in [2.75, 3.05) is 13.7 Å². The van der Waals surface area contributed by atoms with E-state index in [0.29, 0.717) is 23.7 Å². The van der Waals surface area contributed by atoms with Gasteiger partial charge in [-0.05, 0) is 82.0 Å². The maximum absolute atomic E-state index is 14.4. The summed E-state index contributed by atoms with van der Waals surface area (Å²) in [5.41, 5.74) is -0.574. The van der Waals surface area contributed by atoms with Gasteiger partial charge in [-0.25, -0.2) is 9.78 Å². The molecule has 1 saturated carbocycles. The fourth-order valence-corrected chi connectivity index (χ4v) is 5.87. The number of carbonyl (C=O) groups excluding carboxylic acids is 5. The number of fused-ring (bicyclic) bond motifs is 1. The molecule has 13 nitrogen and oxygen atoms in total. The van der Waals surface area contributed by atoms with E-state index >= 15 is 0 Å². The number of ether oxygens (including phenoxy) is 2. The molecule has 4 atom stereocenters. The molecule has 2 aliphatic rings. The number of Topliss-reactive ketones (excluding diaryl/α,β-unsaturated/α-hetero) is 1. The molecule has 1 aromatic carbocycles. The summed E-state index contributed by atoms with van der Waals surface area (Å²) in [6.45, 7) is 14.7. The van der Waals surface area contributed by atoms with Crippen LogP contribution in [-0.2, 0) is 19.2 Å². The summed E-state index contributed by atoms with van der Waals surface area (Å²) in [5, 5.41) is 12.7. The van der Waals surface area contributed by atoms with Gasteiger partial charge in [0.2, 0.25) is 23.5 Å². The third-order valence-corrected chi connectivity index (χ3v) is 8.48. The van der Waals surface area contributed by atoms with Gasteiger partial charge >= 0.3 is 6.03 Å². The van der Waals surface area contributed by atoms with E-state index in [1.165, 1.54) is 4.90 Å². The number of ketones is 1. The number of nitrogens with zero attached hydrogens (tertiary/aromatic N) is 2. The highest BCUT2D eigenvalue weighted by molar-refractivity contribution is 6.38. The number of hydrogen-bond donors (Lipinski definition) is 4. The second-order valence-electron chi connectivity index (χ2n) is 15.2. The Balaban J connectivity index is 1.65. The molecule has 0 bridgehead atoms. The molecule has 0 spiro atoms. The lowest BCUT2D eigenvalue weighted by atomic mass is 9.85. The number of methoxy groups -OCH3 is 1. The first kappa shape index (κ1) is 37.4. The lowest BCUT2D eigenvalue weighted by Gasteiger charge is -2.36. The van der Waals surface area contributed by atoms with Gasteiger partial charge in [-0.1, -0.05) is 34.1 Å². The highest BCUT2D eigenvalue weighted by Gasteiger charge is 2.47. The minimum Gasteiger partial charge on any atom is -0.497 e. The van der Waals surface area contributed by atoms with Crippen LogP contribution in [-0.4, -0.2) is 88.9 Å². The number of rotatable bonds is 12. The van der Waals surface area contributed by atoms with E-state index in [1.807, 2.05) is 73.6 Å². The molecule has 5 amide bonds. The van der Waals surface area contributed by atoms with Crippen LogP contribution in [0.4, 0.5) is 4.79 Å². The van der Waals surface area contributed by atoms with Crippen molar-refractivity contribution in [3.8, 4) is 11.6 Å². The highest BCUT2D eigenvalue weighted by Crippen LogP contribution is 2.32. The summed E-state index contributed by atoms with van der Waals surface area (Å²) < 4.78 is 11.8. The fourth-order valence-electron chi connectivity index (χ4n) is 5.87. The quantitative estimate of drug-likeness (QED) is 0.247. The third-order valence-electron chi connectivity index (χ3n) is 8.48. The average molecular weight is 681 g/mol. The Hall–Kier alpha value is -4.42. The predicted octanol–water partition coefficient (Wildman–Crippen LogP) is 3.55. The standard InChI is InChI=1S/C36H52N6O7/c1-10-11-26(28(43)31(45)38-22-12-13-22)39-30(44)27-18-24(49-32-25-15-14-23(48-9)17-21(25)16-20(2)37-32)19-42(27)33(46)29(35(3,4)5)40-34(47)41-36(6,7)8/h14-17,22,24,26-27,29H,10-13,18-19H2,1-9H3,(H,38,45)(H,39,44)(H2,40,41,47)/t24-,26?,27+,29?/m1/s1. The van der Waals surface area contributed by atoms with E-state index in [0.717, 1.165) is 23.6 Å². The van der Waals surface area contributed by atoms with E-state index in [1.54, 1.807) is 13.2 Å². The maximum Gasteiger partial charge on any atom is 0.315 e. The molecule has 1 aliphatic heterocycles. The van der Waals surface area contributed by atoms with Crippen molar-refractivity contribution in [1.29, 1.82) is 0 Å². The number of carbonyl (C=O) groups is 5. The van der Waals surface area contributed by atoms with Gasteiger partial charge < -0.3 is 35.6 Å². The van der Waals surface area contributed by atoms with Crippen LogP contribution in [0.25, 0.3) is 10.8 Å². The summed E-state index contributed by atoms with van der Waals surface area (Å²) >= 11 is 0. The van der Waals surface area contributed by atoms with Gasteiger partial charge in [0.25, 0.3) is 5.91 Å². The molecular weight excluding hydrogens is 628 g/mol. The summed E-state index contributed by atoms with van der Waals surface area (Å²) in [4.78, 5) is 73.3. The van der Waals surface area contributed by atoms with Gasteiger partial charge in [0.05, 0.1) is 19.7 Å². The first-order chi connectivity index (χ1) is 22.9. The number of urea groups is 1. The smallest absolute Gasteiger partial charge is 0.315 e. The second kappa shape index (κ2) is 15.0. The van der Waals surface area contributed by atoms with Gasteiger partial charge in [-0.2, -0.15) is 0 Å². The van der Waals surface area contributed by atoms with Gasteiger partial charge in [0.15, 0.2) is 0 Å². The largest absolute Gasteiger partial charge is 0.497 e. The maximum atomic E-state index is 14.4. The number of pyridine rings is 1. The monoisotopic (exact) mass is 680 g/mol. The molecule has 1 aliphatic carbocycles. The van der Waals surface area contributed by atoms with Crippen LogP contribution in [0.2, 0.25) is 0 Å². The van der Waals surface area contributed by atoms with Crippen LogP contribution >= 0.6 is 0 Å². The molecule has 268 valence electrons. The van der Waals surface area contributed by atoms with E-state index in [4.69, 9.17) is 9.47 Å². The Kier molecular flexibility index (Phi) is 11.4. The van der Waals surface area contributed by atoms with Crippen LogP contribution in [0.5, 0.6) is 11.6 Å². The lowest BCUT2D eigenvalue weighted by molar-refractivity contribution is -0.144. The van der Waals surface area contributed by atoms with Crippen molar-refractivity contribution >= 4 is 40.3 Å². The first-order valence-electron chi connectivity index (χ1n) is 17.1. The van der Waals surface area contributed by atoms with Crippen molar-refractivity contribution in [1.82, 2.24) is 31.2 Å². The second-order valence-corrected chi connectivity index (χ2v) is 15.2.